The van der Waals surface area contributed by atoms with Gasteiger partial charge in [0.1, 0.15) is 6.04 Å². The number of aromatic nitrogens is 2. The van der Waals surface area contributed by atoms with Crippen molar-refractivity contribution >= 4 is 5.97 Å². The highest BCUT2D eigenvalue weighted by molar-refractivity contribution is 5.75. The molecular formula is C14H25N3O2. The first-order valence-electron chi connectivity index (χ1n) is 6.88. The van der Waals surface area contributed by atoms with Crippen molar-refractivity contribution in [3.05, 3.63) is 17.0 Å². The summed E-state index contributed by atoms with van der Waals surface area (Å²) in [4.78, 5) is 11.6. The number of hydrogen-bond donors (Lipinski definition) is 1. The lowest BCUT2D eigenvalue weighted by Crippen LogP contribution is -2.37. The maximum absolute atomic E-state index is 11.6. The van der Waals surface area contributed by atoms with Gasteiger partial charge in [-0.25, -0.2) is 0 Å². The zero-order valence-electron chi connectivity index (χ0n) is 12.8. The van der Waals surface area contributed by atoms with E-state index in [1.807, 2.05) is 32.4 Å². The third-order valence-electron chi connectivity index (χ3n) is 3.31. The van der Waals surface area contributed by atoms with E-state index in [0.717, 1.165) is 23.5 Å². The lowest BCUT2D eigenvalue weighted by Gasteiger charge is -2.19. The van der Waals surface area contributed by atoms with Crippen LogP contribution in [0.3, 0.4) is 0 Å². The Balaban J connectivity index is 2.81. The molecule has 0 spiro atoms. The van der Waals surface area contributed by atoms with Crippen LogP contribution in [0.2, 0.25) is 0 Å². The van der Waals surface area contributed by atoms with Gasteiger partial charge in [0.2, 0.25) is 0 Å². The zero-order chi connectivity index (χ0) is 14.6. The van der Waals surface area contributed by atoms with E-state index in [4.69, 9.17) is 4.74 Å². The second-order valence-electron chi connectivity index (χ2n) is 4.76. The van der Waals surface area contributed by atoms with Crippen LogP contribution in [0.1, 0.15) is 50.7 Å². The third kappa shape index (κ3) is 3.56. The number of ether oxygens (including phenoxy) is 1. The first-order chi connectivity index (χ1) is 8.92. The van der Waals surface area contributed by atoms with Crippen molar-refractivity contribution in [2.75, 3.05) is 6.61 Å². The minimum absolute atomic E-state index is 0.0692. The molecule has 2 atom stereocenters. The molecule has 108 valence electrons. The Labute approximate surface area is 115 Å². The molecule has 0 saturated heterocycles. The van der Waals surface area contributed by atoms with Gasteiger partial charge in [-0.15, -0.1) is 0 Å². The first kappa shape index (κ1) is 15.7. The Morgan fingerprint density at radius 2 is 2.00 bits per heavy atom. The van der Waals surface area contributed by atoms with Crippen molar-refractivity contribution in [1.82, 2.24) is 15.1 Å². The van der Waals surface area contributed by atoms with Crippen LogP contribution in [0, 0.1) is 13.8 Å². The number of carbonyl (C=O) groups excluding carboxylic acids is 1. The Kier molecular flexibility index (Phi) is 5.54. The molecule has 0 aromatic carbocycles. The summed E-state index contributed by atoms with van der Waals surface area (Å²) >= 11 is 0. The summed E-state index contributed by atoms with van der Waals surface area (Å²) in [5.74, 6) is -0.215. The second kappa shape index (κ2) is 6.70. The van der Waals surface area contributed by atoms with Crippen molar-refractivity contribution < 1.29 is 9.53 Å². The molecule has 0 aliphatic heterocycles. The number of esters is 1. The quantitative estimate of drug-likeness (QED) is 0.802. The fourth-order valence-electron chi connectivity index (χ4n) is 2.44. The molecule has 1 rings (SSSR count). The number of aryl methyl sites for hydroxylation is 2. The van der Waals surface area contributed by atoms with E-state index >= 15 is 0 Å². The van der Waals surface area contributed by atoms with E-state index in [9.17, 15) is 4.79 Å². The van der Waals surface area contributed by atoms with Crippen molar-refractivity contribution in [3.8, 4) is 0 Å². The normalized spacial score (nSPS) is 14.2. The molecule has 19 heavy (non-hydrogen) atoms. The van der Waals surface area contributed by atoms with E-state index in [-0.39, 0.29) is 18.1 Å². The molecule has 1 aromatic rings. The first-order valence-corrected chi connectivity index (χ1v) is 6.88. The Morgan fingerprint density at radius 3 is 2.47 bits per heavy atom. The van der Waals surface area contributed by atoms with E-state index < -0.39 is 0 Å². The lowest BCUT2D eigenvalue weighted by atomic mass is 10.1. The molecule has 0 fully saturated rings. The molecule has 0 bridgehead atoms. The summed E-state index contributed by atoms with van der Waals surface area (Å²) in [6, 6.07) is -0.251. The summed E-state index contributed by atoms with van der Waals surface area (Å²) < 4.78 is 6.99. The standard InChI is InChI=1S/C14H25N3O2/c1-7-17-12(6)13(10(4)16-17)9(3)15-11(5)14(18)19-8-2/h9,11,15H,7-8H2,1-6H3. The largest absolute Gasteiger partial charge is 0.465 e. The molecule has 0 aliphatic carbocycles. The van der Waals surface area contributed by atoms with Crippen LogP contribution in [-0.4, -0.2) is 28.4 Å². The number of hydrogen-bond acceptors (Lipinski definition) is 4. The van der Waals surface area contributed by atoms with Crippen LogP contribution >= 0.6 is 0 Å². The third-order valence-corrected chi connectivity index (χ3v) is 3.31. The molecular weight excluding hydrogens is 242 g/mol. The molecule has 1 N–H and O–H groups in total. The average molecular weight is 267 g/mol. The molecule has 1 heterocycles. The van der Waals surface area contributed by atoms with E-state index in [1.54, 1.807) is 0 Å². The number of rotatable bonds is 6. The Morgan fingerprint density at radius 1 is 1.37 bits per heavy atom. The molecule has 2 unspecified atom stereocenters. The molecule has 0 radical (unpaired) electrons. The van der Waals surface area contributed by atoms with Gasteiger partial charge in [0.25, 0.3) is 0 Å². The van der Waals surface area contributed by atoms with Crippen LogP contribution in [0.15, 0.2) is 0 Å². The van der Waals surface area contributed by atoms with Gasteiger partial charge < -0.3 is 4.74 Å². The smallest absolute Gasteiger partial charge is 0.322 e. The SMILES string of the molecule is CCOC(=O)C(C)NC(C)c1c(C)nn(CC)c1C. The highest BCUT2D eigenvalue weighted by Gasteiger charge is 2.21. The van der Waals surface area contributed by atoms with Crippen molar-refractivity contribution in [3.63, 3.8) is 0 Å². The maximum atomic E-state index is 11.6. The fraction of sp³-hybridized carbons (Fsp3) is 0.714. The van der Waals surface area contributed by atoms with Crippen molar-refractivity contribution in [2.24, 2.45) is 0 Å². The highest BCUT2D eigenvalue weighted by Crippen LogP contribution is 2.21. The summed E-state index contributed by atoms with van der Waals surface area (Å²) in [6.45, 7) is 13.1. The minimum atomic E-state index is -0.321. The molecule has 5 heteroatoms. The molecule has 0 aliphatic rings. The van der Waals surface area contributed by atoms with Gasteiger partial charge in [-0.2, -0.15) is 5.10 Å². The van der Waals surface area contributed by atoms with Crippen molar-refractivity contribution in [1.29, 1.82) is 0 Å². The maximum Gasteiger partial charge on any atom is 0.322 e. The summed E-state index contributed by atoms with van der Waals surface area (Å²) in [5.41, 5.74) is 3.32. The van der Waals surface area contributed by atoms with Crippen molar-refractivity contribution in [2.45, 2.75) is 60.2 Å². The number of nitrogens with one attached hydrogen (secondary N) is 1. The fourth-order valence-corrected chi connectivity index (χ4v) is 2.44. The van der Waals surface area contributed by atoms with Crippen LogP contribution < -0.4 is 5.32 Å². The molecule has 0 amide bonds. The number of nitrogens with zero attached hydrogens (tertiary/aromatic N) is 2. The average Bonchev–Trinajstić information content (AvgIpc) is 2.64. The predicted molar refractivity (Wildman–Crippen MR) is 75.0 cm³/mol. The molecule has 0 saturated carbocycles. The Bertz CT molecular complexity index is 440. The monoisotopic (exact) mass is 267 g/mol. The topological polar surface area (TPSA) is 56.1 Å². The van der Waals surface area contributed by atoms with E-state index in [2.05, 4.69) is 24.3 Å². The summed E-state index contributed by atoms with van der Waals surface area (Å²) in [7, 11) is 0. The van der Waals surface area contributed by atoms with Gasteiger partial charge in [-0.3, -0.25) is 14.8 Å². The van der Waals surface area contributed by atoms with Gasteiger partial charge in [0.05, 0.1) is 12.3 Å². The Hall–Kier alpha value is -1.36. The van der Waals surface area contributed by atoms with Crippen LogP contribution in [0.25, 0.3) is 0 Å². The predicted octanol–water partition coefficient (Wildman–Crippen LogP) is 2.12. The molecule has 1 aromatic heterocycles. The highest BCUT2D eigenvalue weighted by atomic mass is 16.5. The van der Waals surface area contributed by atoms with Gasteiger partial charge >= 0.3 is 5.97 Å². The van der Waals surface area contributed by atoms with Gasteiger partial charge in [0, 0.05) is 23.8 Å². The van der Waals surface area contributed by atoms with Crippen LogP contribution in [0.4, 0.5) is 0 Å². The zero-order valence-corrected chi connectivity index (χ0v) is 12.8. The second-order valence-corrected chi connectivity index (χ2v) is 4.76. The molecule has 5 nitrogen and oxygen atoms in total. The lowest BCUT2D eigenvalue weighted by molar-refractivity contribution is -0.145. The van der Waals surface area contributed by atoms with Gasteiger partial charge in [-0.05, 0) is 41.5 Å². The van der Waals surface area contributed by atoms with Gasteiger partial charge in [0.15, 0.2) is 0 Å². The minimum Gasteiger partial charge on any atom is -0.465 e. The summed E-state index contributed by atoms with van der Waals surface area (Å²) in [6.07, 6.45) is 0. The van der Waals surface area contributed by atoms with E-state index in [0.29, 0.717) is 6.61 Å². The van der Waals surface area contributed by atoms with Crippen LogP contribution in [-0.2, 0) is 16.1 Å². The number of carbonyl (C=O) groups is 1. The van der Waals surface area contributed by atoms with Crippen LogP contribution in [0.5, 0.6) is 0 Å². The van der Waals surface area contributed by atoms with Gasteiger partial charge in [-0.1, -0.05) is 0 Å². The summed E-state index contributed by atoms with van der Waals surface area (Å²) in [5, 5.41) is 7.77. The van der Waals surface area contributed by atoms with E-state index in [1.165, 1.54) is 0 Å².